The van der Waals surface area contributed by atoms with Crippen molar-refractivity contribution < 1.29 is 13.2 Å². The van der Waals surface area contributed by atoms with Gasteiger partial charge in [0.1, 0.15) is 5.82 Å². The number of carbonyl (C=O) groups is 1. The van der Waals surface area contributed by atoms with E-state index < -0.39 is 10.0 Å². The largest absolute Gasteiger partial charge is 0.346 e. The lowest BCUT2D eigenvalue weighted by Gasteiger charge is -2.30. The van der Waals surface area contributed by atoms with Crippen LogP contribution in [-0.2, 0) is 14.8 Å². The Morgan fingerprint density at radius 2 is 1.76 bits per heavy atom. The first-order valence-corrected chi connectivity index (χ1v) is 13.1. The molecule has 1 amide bonds. The number of aromatic amines is 1. The number of hydrogen-bond donors (Lipinski definition) is 2. The SMILES string of the molecule is CCC(NC(=O)C1CCN(S(=O)(=O)/C=C/c2ccccc2)CC1)c1ncc(-c2ccccc2)[nH]1. The zero-order valence-corrected chi connectivity index (χ0v) is 20.0. The van der Waals surface area contributed by atoms with Gasteiger partial charge in [-0.25, -0.2) is 13.4 Å². The number of benzene rings is 2. The number of nitrogens with one attached hydrogen (secondary N) is 2. The first kappa shape index (κ1) is 23.9. The minimum atomic E-state index is -3.52. The van der Waals surface area contributed by atoms with Crippen LogP contribution in [0.4, 0.5) is 0 Å². The van der Waals surface area contributed by atoms with E-state index in [-0.39, 0.29) is 17.9 Å². The molecule has 1 unspecified atom stereocenters. The van der Waals surface area contributed by atoms with E-state index in [1.165, 1.54) is 9.71 Å². The third-order valence-electron chi connectivity index (χ3n) is 6.15. The zero-order chi connectivity index (χ0) is 24.0. The maximum Gasteiger partial charge on any atom is 0.236 e. The summed E-state index contributed by atoms with van der Waals surface area (Å²) in [7, 11) is -3.52. The molecule has 3 aromatic rings. The van der Waals surface area contributed by atoms with Crippen molar-refractivity contribution in [2.45, 2.75) is 32.2 Å². The van der Waals surface area contributed by atoms with Crippen LogP contribution in [0.25, 0.3) is 17.3 Å². The molecule has 34 heavy (non-hydrogen) atoms. The molecule has 8 heteroatoms. The summed E-state index contributed by atoms with van der Waals surface area (Å²) in [5.41, 5.74) is 2.78. The number of imidazole rings is 1. The van der Waals surface area contributed by atoms with Crippen LogP contribution in [0, 0.1) is 5.92 Å². The van der Waals surface area contributed by atoms with Gasteiger partial charge in [0.15, 0.2) is 0 Å². The Morgan fingerprint density at radius 3 is 2.41 bits per heavy atom. The average Bonchev–Trinajstić information content (AvgIpc) is 3.37. The summed E-state index contributed by atoms with van der Waals surface area (Å²) in [6.07, 6.45) is 5.08. The maximum atomic E-state index is 12.9. The van der Waals surface area contributed by atoms with E-state index in [0.29, 0.717) is 32.4 Å². The third-order valence-corrected chi connectivity index (χ3v) is 7.72. The molecule has 2 heterocycles. The van der Waals surface area contributed by atoms with Gasteiger partial charge in [-0.05, 0) is 36.5 Å². The molecule has 0 aliphatic carbocycles. The lowest BCUT2D eigenvalue weighted by atomic mass is 9.96. The molecule has 178 valence electrons. The number of piperidine rings is 1. The molecule has 0 spiro atoms. The van der Waals surface area contributed by atoms with Crippen molar-refractivity contribution in [2.75, 3.05) is 13.1 Å². The number of rotatable bonds is 8. The van der Waals surface area contributed by atoms with E-state index >= 15 is 0 Å². The average molecular weight is 479 g/mol. The van der Waals surface area contributed by atoms with Crippen LogP contribution in [0.2, 0.25) is 0 Å². The number of aromatic nitrogens is 2. The first-order chi connectivity index (χ1) is 16.5. The van der Waals surface area contributed by atoms with Crippen molar-refractivity contribution in [3.63, 3.8) is 0 Å². The van der Waals surface area contributed by atoms with E-state index in [2.05, 4.69) is 15.3 Å². The Hall–Kier alpha value is -3.23. The van der Waals surface area contributed by atoms with Crippen LogP contribution < -0.4 is 5.32 Å². The molecule has 1 fully saturated rings. The predicted octanol–water partition coefficient (Wildman–Crippen LogP) is 4.36. The van der Waals surface area contributed by atoms with Gasteiger partial charge in [0.05, 0.1) is 17.9 Å². The molecule has 4 rings (SSSR count). The van der Waals surface area contributed by atoms with Crippen LogP contribution in [-0.4, -0.2) is 41.7 Å². The lowest BCUT2D eigenvalue weighted by molar-refractivity contribution is -0.127. The Bertz CT molecular complexity index is 1220. The first-order valence-electron chi connectivity index (χ1n) is 11.6. The van der Waals surface area contributed by atoms with E-state index in [1.54, 1.807) is 12.3 Å². The fourth-order valence-electron chi connectivity index (χ4n) is 4.12. The van der Waals surface area contributed by atoms with Crippen molar-refractivity contribution in [2.24, 2.45) is 5.92 Å². The number of hydrogen-bond acceptors (Lipinski definition) is 4. The fraction of sp³-hybridized carbons (Fsp3) is 0.308. The standard InChI is InChI=1S/C26H30N4O3S/c1-2-23(25-27-19-24(28-25)21-11-7-4-8-12-21)29-26(31)22-13-16-30(17-14-22)34(32,33)18-15-20-9-5-3-6-10-20/h3-12,15,18-19,22-23H,2,13-14,16-17H2,1H3,(H,27,28)(H,29,31)/b18-15+. The second-order valence-corrected chi connectivity index (χ2v) is 10.3. The molecule has 1 atom stereocenters. The minimum Gasteiger partial charge on any atom is -0.346 e. The van der Waals surface area contributed by atoms with Crippen LogP contribution in [0.3, 0.4) is 0 Å². The Labute approximate surface area is 201 Å². The number of H-pyrrole nitrogens is 1. The predicted molar refractivity (Wildman–Crippen MR) is 134 cm³/mol. The van der Waals surface area contributed by atoms with Gasteiger partial charge < -0.3 is 10.3 Å². The molecule has 2 N–H and O–H groups in total. The third kappa shape index (κ3) is 5.81. The number of nitrogens with zero attached hydrogens (tertiary/aromatic N) is 2. The molecular weight excluding hydrogens is 448 g/mol. The Kier molecular flexibility index (Phi) is 7.59. The van der Waals surface area contributed by atoms with E-state index in [4.69, 9.17) is 0 Å². The molecule has 7 nitrogen and oxygen atoms in total. The lowest BCUT2D eigenvalue weighted by Crippen LogP contribution is -2.43. The van der Waals surface area contributed by atoms with Crippen LogP contribution >= 0.6 is 0 Å². The smallest absolute Gasteiger partial charge is 0.236 e. The summed E-state index contributed by atoms with van der Waals surface area (Å²) in [5, 5.41) is 4.35. The highest BCUT2D eigenvalue weighted by Crippen LogP contribution is 2.24. The molecule has 0 bridgehead atoms. The maximum absolute atomic E-state index is 12.9. The molecule has 0 saturated carbocycles. The summed E-state index contributed by atoms with van der Waals surface area (Å²) in [5.74, 6) is 0.448. The fourth-order valence-corrected chi connectivity index (χ4v) is 5.34. The molecule has 0 radical (unpaired) electrons. The number of amides is 1. The number of sulfonamides is 1. The second-order valence-electron chi connectivity index (χ2n) is 8.45. The summed E-state index contributed by atoms with van der Waals surface area (Å²) in [6.45, 7) is 2.66. The zero-order valence-electron chi connectivity index (χ0n) is 19.2. The molecular formula is C26H30N4O3S. The van der Waals surface area contributed by atoms with Gasteiger partial charge in [-0.1, -0.05) is 67.6 Å². The van der Waals surface area contributed by atoms with E-state index in [9.17, 15) is 13.2 Å². The monoisotopic (exact) mass is 478 g/mol. The minimum absolute atomic E-state index is 0.0543. The van der Waals surface area contributed by atoms with Gasteiger partial charge in [-0.15, -0.1) is 0 Å². The van der Waals surface area contributed by atoms with Crippen LogP contribution in [0.1, 0.15) is 43.6 Å². The summed E-state index contributed by atoms with van der Waals surface area (Å²) >= 11 is 0. The van der Waals surface area contributed by atoms with Crippen molar-refractivity contribution in [3.05, 3.63) is 83.7 Å². The van der Waals surface area contributed by atoms with Crippen molar-refractivity contribution in [1.82, 2.24) is 19.6 Å². The Morgan fingerprint density at radius 1 is 1.12 bits per heavy atom. The van der Waals surface area contributed by atoms with Crippen molar-refractivity contribution in [1.29, 1.82) is 0 Å². The summed E-state index contributed by atoms with van der Waals surface area (Å²) in [4.78, 5) is 20.8. The van der Waals surface area contributed by atoms with E-state index in [1.807, 2.05) is 67.6 Å². The molecule has 1 saturated heterocycles. The van der Waals surface area contributed by atoms with Crippen molar-refractivity contribution >= 4 is 22.0 Å². The van der Waals surface area contributed by atoms with Gasteiger partial charge in [-0.2, -0.15) is 4.31 Å². The normalized spacial score (nSPS) is 16.5. The molecule has 1 aromatic heterocycles. The van der Waals surface area contributed by atoms with Gasteiger partial charge in [0.2, 0.25) is 15.9 Å². The molecule has 1 aliphatic rings. The second kappa shape index (κ2) is 10.8. The molecule has 1 aliphatic heterocycles. The quantitative estimate of drug-likeness (QED) is 0.503. The van der Waals surface area contributed by atoms with Gasteiger partial charge in [-0.3, -0.25) is 4.79 Å². The topological polar surface area (TPSA) is 95.2 Å². The van der Waals surface area contributed by atoms with Gasteiger partial charge >= 0.3 is 0 Å². The Balaban J connectivity index is 1.33. The highest BCUT2D eigenvalue weighted by molar-refractivity contribution is 7.92. The highest BCUT2D eigenvalue weighted by Gasteiger charge is 2.31. The van der Waals surface area contributed by atoms with Crippen LogP contribution in [0.15, 0.2) is 72.3 Å². The summed E-state index contributed by atoms with van der Waals surface area (Å²) in [6, 6.07) is 19.0. The van der Waals surface area contributed by atoms with Crippen LogP contribution in [0.5, 0.6) is 0 Å². The summed E-state index contributed by atoms with van der Waals surface area (Å²) < 4.78 is 26.8. The molecule has 2 aromatic carbocycles. The van der Waals surface area contributed by atoms with Gasteiger partial charge in [0, 0.05) is 24.4 Å². The number of carbonyl (C=O) groups excluding carboxylic acids is 1. The van der Waals surface area contributed by atoms with Crippen molar-refractivity contribution in [3.8, 4) is 11.3 Å². The van der Waals surface area contributed by atoms with E-state index in [0.717, 1.165) is 22.6 Å². The highest BCUT2D eigenvalue weighted by atomic mass is 32.2. The van der Waals surface area contributed by atoms with Gasteiger partial charge in [0.25, 0.3) is 0 Å².